The van der Waals surface area contributed by atoms with Gasteiger partial charge >= 0.3 is 0 Å². The van der Waals surface area contributed by atoms with Gasteiger partial charge in [0.05, 0.1) is 0 Å². The van der Waals surface area contributed by atoms with Crippen LogP contribution in [0.4, 0.5) is 0 Å². The van der Waals surface area contributed by atoms with Crippen molar-refractivity contribution in [1.82, 2.24) is 0 Å². The van der Waals surface area contributed by atoms with Crippen molar-refractivity contribution < 1.29 is 0 Å². The molecule has 0 aromatic heterocycles. The standard InChI is InChI=1S/5C11H16/c1-8(2)11-6-9(3)5-10(4)7-11;1-8(2)11-6-5-9(3)10(4)7-11;1-8(2)11-6-5-9(3)7-10(11)4;1-8(2)11-7-9(3)5-6-10(11)4;1-8(2)11-9(3)6-5-7-10(11)4/h5*5-8H,1-4H3. The van der Waals surface area contributed by atoms with Crippen molar-refractivity contribution >= 4 is 0 Å². The van der Waals surface area contributed by atoms with Crippen LogP contribution in [0.5, 0.6) is 0 Å². The highest BCUT2D eigenvalue weighted by atomic mass is 14.1. The number of hydrogen-bond acceptors (Lipinski definition) is 0. The fraction of sp³-hybridized carbons (Fsp3) is 0.455. The minimum absolute atomic E-state index is 0.647. The van der Waals surface area contributed by atoms with Gasteiger partial charge < -0.3 is 0 Å². The van der Waals surface area contributed by atoms with Crippen LogP contribution in [0.25, 0.3) is 0 Å². The van der Waals surface area contributed by atoms with E-state index >= 15 is 0 Å². The van der Waals surface area contributed by atoms with Gasteiger partial charge in [-0.2, -0.15) is 0 Å². The van der Waals surface area contributed by atoms with Gasteiger partial charge in [0.25, 0.3) is 0 Å². The maximum Gasteiger partial charge on any atom is -0.0214 e. The molecule has 0 saturated heterocycles. The second-order valence-electron chi connectivity index (χ2n) is 17.6. The van der Waals surface area contributed by atoms with Crippen molar-refractivity contribution in [2.24, 2.45) is 0 Å². The minimum atomic E-state index is 0.647. The summed E-state index contributed by atoms with van der Waals surface area (Å²) in [5.74, 6) is 3.24. The van der Waals surface area contributed by atoms with Gasteiger partial charge in [-0.25, -0.2) is 0 Å². The summed E-state index contributed by atoms with van der Waals surface area (Å²) < 4.78 is 0. The van der Waals surface area contributed by atoms with Crippen molar-refractivity contribution in [3.8, 4) is 0 Å². The number of hydrogen-bond donors (Lipinski definition) is 0. The monoisotopic (exact) mass is 741 g/mol. The number of benzene rings is 5. The summed E-state index contributed by atoms with van der Waals surface area (Å²) in [5, 5.41) is 0. The molecule has 0 unspecified atom stereocenters. The predicted molar refractivity (Wildman–Crippen MR) is 250 cm³/mol. The highest BCUT2D eigenvalue weighted by molar-refractivity contribution is 5.36. The third-order valence-electron chi connectivity index (χ3n) is 10.3. The maximum atomic E-state index is 2.28. The van der Waals surface area contributed by atoms with Crippen molar-refractivity contribution in [3.63, 3.8) is 0 Å². The van der Waals surface area contributed by atoms with Crippen LogP contribution >= 0.6 is 0 Å². The van der Waals surface area contributed by atoms with Gasteiger partial charge in [-0.05, 0) is 160 Å². The topological polar surface area (TPSA) is 0 Å². The molecule has 0 aliphatic heterocycles. The van der Waals surface area contributed by atoms with Crippen LogP contribution in [0.1, 0.15) is 182 Å². The molecule has 0 spiro atoms. The average molecular weight is 741 g/mol. The van der Waals surface area contributed by atoms with E-state index in [1.54, 1.807) is 0 Å². The van der Waals surface area contributed by atoms with Gasteiger partial charge in [0.15, 0.2) is 0 Å². The highest BCUT2D eigenvalue weighted by Gasteiger charge is 2.06. The largest absolute Gasteiger partial charge is 0.0617 e. The van der Waals surface area contributed by atoms with Crippen LogP contribution in [0.2, 0.25) is 0 Å². The molecular formula is C55H80. The molecule has 0 aliphatic rings. The summed E-state index contributed by atoms with van der Waals surface area (Å²) >= 11 is 0. The summed E-state index contributed by atoms with van der Waals surface area (Å²) in [6.07, 6.45) is 0. The molecule has 0 atom stereocenters. The summed E-state index contributed by atoms with van der Waals surface area (Å²) in [6, 6.07) is 33.2. The molecule has 0 N–H and O–H groups in total. The predicted octanol–water partition coefficient (Wildman–Crippen LogP) is 17.1. The number of aryl methyl sites for hydroxylation is 10. The molecule has 0 heterocycles. The van der Waals surface area contributed by atoms with Gasteiger partial charge in [0.2, 0.25) is 0 Å². The highest BCUT2D eigenvalue weighted by Crippen LogP contribution is 2.23. The molecule has 5 aromatic rings. The van der Waals surface area contributed by atoms with Crippen molar-refractivity contribution in [2.45, 2.75) is 168 Å². The molecule has 0 heteroatoms. The lowest BCUT2D eigenvalue weighted by molar-refractivity contribution is 0.846. The van der Waals surface area contributed by atoms with Gasteiger partial charge in [-0.15, -0.1) is 0 Å². The maximum absolute atomic E-state index is 2.28. The average Bonchev–Trinajstić information content (AvgIpc) is 3.07. The molecule has 0 bridgehead atoms. The van der Waals surface area contributed by atoms with Crippen LogP contribution in [0, 0.1) is 69.2 Å². The molecule has 0 saturated carbocycles. The van der Waals surface area contributed by atoms with E-state index in [4.69, 9.17) is 0 Å². The fourth-order valence-electron chi connectivity index (χ4n) is 7.06. The molecule has 0 amide bonds. The van der Waals surface area contributed by atoms with Crippen LogP contribution in [0.3, 0.4) is 0 Å². The lowest BCUT2D eigenvalue weighted by Crippen LogP contribution is -1.94. The van der Waals surface area contributed by atoms with E-state index in [2.05, 4.69) is 229 Å². The van der Waals surface area contributed by atoms with Crippen molar-refractivity contribution in [1.29, 1.82) is 0 Å². The Morgan fingerprint density at radius 2 is 0.745 bits per heavy atom. The van der Waals surface area contributed by atoms with E-state index in [-0.39, 0.29) is 0 Å². The Balaban J connectivity index is 0.000000344. The Morgan fingerprint density at radius 1 is 0.273 bits per heavy atom. The van der Waals surface area contributed by atoms with Gasteiger partial charge in [-0.3, -0.25) is 0 Å². The van der Waals surface area contributed by atoms with Gasteiger partial charge in [0.1, 0.15) is 0 Å². The lowest BCUT2D eigenvalue weighted by atomic mass is 9.94. The fourth-order valence-corrected chi connectivity index (χ4v) is 7.06. The van der Waals surface area contributed by atoms with Crippen molar-refractivity contribution in [3.05, 3.63) is 174 Å². The zero-order chi connectivity index (χ0) is 42.2. The number of rotatable bonds is 5. The smallest absolute Gasteiger partial charge is 0.0214 e. The van der Waals surface area contributed by atoms with Crippen LogP contribution < -0.4 is 0 Å². The SMILES string of the molecule is Cc1cc(C)cc(C(C)C)c1.Cc1ccc(C(C)C)c(C)c1.Cc1ccc(C(C)C)cc1C.Cc1ccc(C)c(C(C)C)c1.Cc1cccc(C)c1C(C)C. The molecule has 0 radical (unpaired) electrons. The summed E-state index contributed by atoms with van der Waals surface area (Å²) in [5.41, 5.74) is 21.2. The van der Waals surface area contributed by atoms with Crippen LogP contribution in [-0.4, -0.2) is 0 Å². The molecule has 0 fully saturated rings. The van der Waals surface area contributed by atoms with Crippen LogP contribution in [0.15, 0.2) is 91.0 Å². The zero-order valence-electron chi connectivity index (χ0n) is 39.0. The molecular weight excluding hydrogens is 661 g/mol. The molecule has 0 aliphatic carbocycles. The Bertz CT molecular complexity index is 1830. The van der Waals surface area contributed by atoms with Gasteiger partial charge in [0, 0.05) is 0 Å². The Labute approximate surface area is 341 Å². The molecule has 300 valence electrons. The van der Waals surface area contributed by atoms with E-state index in [0.29, 0.717) is 29.6 Å². The summed E-state index contributed by atoms with van der Waals surface area (Å²) in [4.78, 5) is 0. The van der Waals surface area contributed by atoms with Gasteiger partial charge in [-0.1, -0.05) is 182 Å². The summed E-state index contributed by atoms with van der Waals surface area (Å²) in [6.45, 7) is 44.0. The third-order valence-corrected chi connectivity index (χ3v) is 10.3. The van der Waals surface area contributed by atoms with E-state index in [1.807, 2.05) is 0 Å². The molecule has 55 heavy (non-hydrogen) atoms. The lowest BCUT2D eigenvalue weighted by Gasteiger charge is -2.12. The second kappa shape index (κ2) is 23.9. The first-order chi connectivity index (χ1) is 25.5. The Kier molecular flexibility index (Phi) is 21.3. The Morgan fingerprint density at radius 3 is 1.15 bits per heavy atom. The quantitative estimate of drug-likeness (QED) is 0.168. The first-order valence-electron chi connectivity index (χ1n) is 20.9. The van der Waals surface area contributed by atoms with Crippen LogP contribution in [-0.2, 0) is 0 Å². The molecule has 5 aromatic carbocycles. The Hall–Kier alpha value is -3.90. The van der Waals surface area contributed by atoms with E-state index in [0.717, 1.165) is 0 Å². The second-order valence-corrected chi connectivity index (χ2v) is 17.6. The normalized spacial score (nSPS) is 10.6. The van der Waals surface area contributed by atoms with Crippen molar-refractivity contribution in [2.75, 3.05) is 0 Å². The summed E-state index contributed by atoms with van der Waals surface area (Å²) in [7, 11) is 0. The minimum Gasteiger partial charge on any atom is -0.0617 e. The first kappa shape index (κ1) is 49.1. The van der Waals surface area contributed by atoms with E-state index in [9.17, 15) is 0 Å². The van der Waals surface area contributed by atoms with E-state index < -0.39 is 0 Å². The zero-order valence-corrected chi connectivity index (χ0v) is 39.0. The molecule has 5 rings (SSSR count). The first-order valence-corrected chi connectivity index (χ1v) is 20.9. The van der Waals surface area contributed by atoms with E-state index in [1.165, 1.54) is 83.5 Å². The molecule has 0 nitrogen and oxygen atoms in total. The third kappa shape index (κ3) is 17.6.